The van der Waals surface area contributed by atoms with Crippen LogP contribution in [0.5, 0.6) is 0 Å². The van der Waals surface area contributed by atoms with E-state index in [4.69, 9.17) is 5.73 Å². The third-order valence-corrected chi connectivity index (χ3v) is 4.63. The summed E-state index contributed by atoms with van der Waals surface area (Å²) in [6.45, 7) is 6.77. The zero-order chi connectivity index (χ0) is 9.80. The summed E-state index contributed by atoms with van der Waals surface area (Å²) < 4.78 is 0. The average Bonchev–Trinajstić information content (AvgIpc) is 2.41. The predicted octanol–water partition coefficient (Wildman–Crippen LogP) is 1.38. The fraction of sp³-hybridized carbons (Fsp3) is 1.00. The first-order valence-corrected chi connectivity index (χ1v) is 5.43. The van der Waals surface area contributed by atoms with Crippen LogP contribution in [0.15, 0.2) is 0 Å². The molecule has 0 saturated heterocycles. The van der Waals surface area contributed by atoms with E-state index >= 15 is 0 Å². The van der Waals surface area contributed by atoms with Gasteiger partial charge in [0.1, 0.15) is 0 Å². The average molecular weight is 183 g/mol. The van der Waals surface area contributed by atoms with Crippen molar-refractivity contribution in [1.29, 1.82) is 0 Å². The van der Waals surface area contributed by atoms with E-state index in [9.17, 15) is 5.11 Å². The van der Waals surface area contributed by atoms with Gasteiger partial charge in [-0.1, -0.05) is 27.2 Å². The molecule has 2 aliphatic carbocycles. The van der Waals surface area contributed by atoms with Crippen LogP contribution in [0.2, 0.25) is 0 Å². The zero-order valence-electron chi connectivity index (χ0n) is 8.83. The van der Waals surface area contributed by atoms with Gasteiger partial charge in [-0.25, -0.2) is 0 Å². The Bertz CT molecular complexity index is 212. The summed E-state index contributed by atoms with van der Waals surface area (Å²) in [7, 11) is 0. The number of fused-ring (bicyclic) bond motifs is 2. The summed E-state index contributed by atoms with van der Waals surface area (Å²) in [5.41, 5.74) is 6.27. The Hall–Kier alpha value is -0.0800. The molecule has 0 aromatic rings. The van der Waals surface area contributed by atoms with E-state index in [0.29, 0.717) is 17.8 Å². The van der Waals surface area contributed by atoms with Crippen molar-refractivity contribution in [3.05, 3.63) is 0 Å². The van der Waals surface area contributed by atoms with Crippen molar-refractivity contribution in [2.45, 2.75) is 45.8 Å². The maximum Gasteiger partial charge on any atom is 0.0729 e. The van der Waals surface area contributed by atoms with Crippen LogP contribution in [0.3, 0.4) is 0 Å². The van der Waals surface area contributed by atoms with Crippen molar-refractivity contribution < 1.29 is 5.11 Å². The van der Waals surface area contributed by atoms with Gasteiger partial charge in [0, 0.05) is 6.04 Å². The molecule has 2 fully saturated rings. The Morgan fingerprint density at radius 3 is 2.46 bits per heavy atom. The Morgan fingerprint density at radius 2 is 2.08 bits per heavy atom. The second-order valence-corrected chi connectivity index (χ2v) is 5.43. The summed E-state index contributed by atoms with van der Waals surface area (Å²) in [6, 6.07) is 0.0304. The number of hydrogen-bond acceptors (Lipinski definition) is 2. The topological polar surface area (TPSA) is 46.2 Å². The lowest BCUT2D eigenvalue weighted by atomic mass is 9.78. The third kappa shape index (κ3) is 1.02. The number of nitrogens with two attached hydrogens (primary N) is 1. The second-order valence-electron chi connectivity index (χ2n) is 5.43. The molecule has 2 bridgehead atoms. The smallest absolute Gasteiger partial charge is 0.0729 e. The Kier molecular flexibility index (Phi) is 1.97. The molecule has 2 saturated carbocycles. The lowest BCUT2D eigenvalue weighted by molar-refractivity contribution is 0.0488. The molecular formula is C11H21NO. The van der Waals surface area contributed by atoms with Crippen LogP contribution in [-0.4, -0.2) is 17.3 Å². The standard InChI is InChI=1S/C11H21NO/c1-4-6-5-7-9(12)10(13)8(6)11(7,2)3/h6-10,13H,4-5,12H2,1-3H3/t6?,7?,8?,9-,10+/m1/s1. The van der Waals surface area contributed by atoms with Crippen LogP contribution in [-0.2, 0) is 0 Å². The maximum absolute atomic E-state index is 10.0. The number of aliphatic hydroxyl groups is 1. The lowest BCUT2D eigenvalue weighted by Crippen LogP contribution is -2.42. The molecule has 2 aliphatic rings. The van der Waals surface area contributed by atoms with E-state index in [2.05, 4.69) is 20.8 Å². The van der Waals surface area contributed by atoms with E-state index in [1.165, 1.54) is 12.8 Å². The molecule has 0 aromatic carbocycles. The van der Waals surface area contributed by atoms with Crippen LogP contribution >= 0.6 is 0 Å². The van der Waals surface area contributed by atoms with Crippen molar-refractivity contribution in [1.82, 2.24) is 0 Å². The monoisotopic (exact) mass is 183 g/mol. The second kappa shape index (κ2) is 2.71. The minimum Gasteiger partial charge on any atom is -0.391 e. The fourth-order valence-corrected chi connectivity index (χ4v) is 3.90. The molecular weight excluding hydrogens is 162 g/mol. The SMILES string of the molecule is CCC1CC2[C@@H](N)[C@@H](O)C1C2(C)C. The minimum absolute atomic E-state index is 0.0304. The highest BCUT2D eigenvalue weighted by atomic mass is 16.3. The summed E-state index contributed by atoms with van der Waals surface area (Å²) in [6.07, 6.45) is 2.17. The highest BCUT2D eigenvalue weighted by molar-refractivity contribution is 5.12. The molecule has 0 aromatic heterocycles. The van der Waals surface area contributed by atoms with Gasteiger partial charge in [-0.2, -0.15) is 0 Å². The lowest BCUT2D eigenvalue weighted by Gasteiger charge is -2.30. The predicted molar refractivity (Wildman–Crippen MR) is 53.1 cm³/mol. The third-order valence-electron chi connectivity index (χ3n) is 4.63. The summed E-state index contributed by atoms with van der Waals surface area (Å²) in [4.78, 5) is 0. The molecule has 0 radical (unpaired) electrons. The number of aliphatic hydroxyl groups excluding tert-OH is 1. The van der Waals surface area contributed by atoms with E-state index in [0.717, 1.165) is 0 Å². The summed E-state index contributed by atoms with van der Waals surface area (Å²) in [5, 5.41) is 10.0. The minimum atomic E-state index is -0.251. The van der Waals surface area contributed by atoms with Gasteiger partial charge in [-0.15, -0.1) is 0 Å². The molecule has 3 N–H and O–H groups in total. The largest absolute Gasteiger partial charge is 0.391 e. The highest BCUT2D eigenvalue weighted by Crippen LogP contribution is 2.60. The molecule has 13 heavy (non-hydrogen) atoms. The molecule has 0 aliphatic heterocycles. The molecule has 3 unspecified atom stereocenters. The van der Waals surface area contributed by atoms with Gasteiger partial charge in [0.05, 0.1) is 6.10 Å². The van der Waals surface area contributed by atoms with Crippen molar-refractivity contribution in [3.8, 4) is 0 Å². The zero-order valence-corrected chi connectivity index (χ0v) is 8.83. The fourth-order valence-electron chi connectivity index (χ4n) is 3.90. The first-order valence-electron chi connectivity index (χ1n) is 5.43. The first-order chi connectivity index (χ1) is 6.00. The summed E-state index contributed by atoms with van der Waals surface area (Å²) in [5.74, 6) is 1.68. The Balaban J connectivity index is 2.29. The summed E-state index contributed by atoms with van der Waals surface area (Å²) >= 11 is 0. The van der Waals surface area contributed by atoms with Crippen molar-refractivity contribution in [2.24, 2.45) is 28.9 Å². The molecule has 2 nitrogen and oxygen atoms in total. The van der Waals surface area contributed by atoms with E-state index in [1.807, 2.05) is 0 Å². The highest BCUT2D eigenvalue weighted by Gasteiger charge is 2.61. The maximum atomic E-state index is 10.0. The van der Waals surface area contributed by atoms with E-state index in [-0.39, 0.29) is 17.6 Å². The Labute approximate surface area is 80.5 Å². The van der Waals surface area contributed by atoms with Gasteiger partial charge in [0.25, 0.3) is 0 Å². The number of hydrogen-bond donors (Lipinski definition) is 2. The Morgan fingerprint density at radius 1 is 1.46 bits per heavy atom. The van der Waals surface area contributed by atoms with Crippen molar-refractivity contribution in [2.75, 3.05) is 0 Å². The normalized spacial score (nSPS) is 52.8. The molecule has 5 atom stereocenters. The first kappa shape index (κ1) is 9.47. The van der Waals surface area contributed by atoms with Crippen LogP contribution in [0.1, 0.15) is 33.6 Å². The quantitative estimate of drug-likeness (QED) is 0.645. The van der Waals surface area contributed by atoms with Gasteiger partial charge < -0.3 is 10.8 Å². The molecule has 2 heteroatoms. The van der Waals surface area contributed by atoms with Gasteiger partial charge in [-0.05, 0) is 29.6 Å². The van der Waals surface area contributed by atoms with Gasteiger partial charge in [0.2, 0.25) is 0 Å². The van der Waals surface area contributed by atoms with Crippen LogP contribution < -0.4 is 5.73 Å². The molecule has 0 spiro atoms. The van der Waals surface area contributed by atoms with Crippen LogP contribution in [0.4, 0.5) is 0 Å². The molecule has 2 rings (SSSR count). The van der Waals surface area contributed by atoms with E-state index < -0.39 is 0 Å². The molecule has 0 amide bonds. The van der Waals surface area contributed by atoms with Crippen LogP contribution in [0.25, 0.3) is 0 Å². The van der Waals surface area contributed by atoms with Crippen LogP contribution in [0, 0.1) is 23.2 Å². The van der Waals surface area contributed by atoms with Gasteiger partial charge in [0.15, 0.2) is 0 Å². The van der Waals surface area contributed by atoms with Gasteiger partial charge >= 0.3 is 0 Å². The van der Waals surface area contributed by atoms with Crippen molar-refractivity contribution in [3.63, 3.8) is 0 Å². The van der Waals surface area contributed by atoms with Gasteiger partial charge in [-0.3, -0.25) is 0 Å². The number of rotatable bonds is 1. The molecule has 76 valence electrons. The molecule has 0 heterocycles. The van der Waals surface area contributed by atoms with E-state index in [1.54, 1.807) is 0 Å². The van der Waals surface area contributed by atoms with Crippen molar-refractivity contribution >= 4 is 0 Å².